The van der Waals surface area contributed by atoms with Crippen molar-refractivity contribution in [1.29, 1.82) is 0 Å². The number of thiophene rings is 1. The van der Waals surface area contributed by atoms with Crippen LogP contribution in [0.4, 0.5) is 8.78 Å². The summed E-state index contributed by atoms with van der Waals surface area (Å²) < 4.78 is 29.8. The van der Waals surface area contributed by atoms with Crippen LogP contribution in [-0.2, 0) is 10.7 Å². The average Bonchev–Trinajstić information content (AvgIpc) is 2.84. The zero-order valence-corrected chi connectivity index (χ0v) is 13.6. The van der Waals surface area contributed by atoms with Gasteiger partial charge >= 0.3 is 5.97 Å². The molecule has 0 aromatic carbocycles. The first kappa shape index (κ1) is 15.9. The van der Waals surface area contributed by atoms with Crippen molar-refractivity contribution in [3.63, 3.8) is 0 Å². The van der Waals surface area contributed by atoms with E-state index in [4.69, 9.17) is 5.11 Å². The van der Waals surface area contributed by atoms with Crippen molar-refractivity contribution in [1.82, 2.24) is 0 Å². The maximum Gasteiger partial charge on any atom is 0.303 e. The van der Waals surface area contributed by atoms with Crippen LogP contribution in [0.2, 0.25) is 0 Å². The van der Waals surface area contributed by atoms with Gasteiger partial charge in [-0.2, -0.15) is 0 Å². The third-order valence-corrected chi connectivity index (χ3v) is 5.62. The van der Waals surface area contributed by atoms with Crippen molar-refractivity contribution in [2.45, 2.75) is 51.4 Å². The van der Waals surface area contributed by atoms with E-state index in [9.17, 15) is 13.6 Å². The van der Waals surface area contributed by atoms with Gasteiger partial charge in [0.25, 0.3) is 5.92 Å². The van der Waals surface area contributed by atoms with Crippen LogP contribution >= 0.6 is 27.3 Å². The molecule has 0 spiro atoms. The summed E-state index contributed by atoms with van der Waals surface area (Å²) in [5.74, 6) is -3.95. The van der Waals surface area contributed by atoms with E-state index in [-0.39, 0.29) is 18.4 Å². The predicted molar refractivity (Wildman–Crippen MR) is 78.4 cm³/mol. The summed E-state index contributed by atoms with van der Waals surface area (Å²) in [6, 6.07) is 1.46. The van der Waals surface area contributed by atoms with E-state index in [2.05, 4.69) is 15.9 Å². The lowest BCUT2D eigenvalue weighted by atomic mass is 9.76. The molecular weight excluding hydrogens is 350 g/mol. The van der Waals surface area contributed by atoms with E-state index in [1.165, 1.54) is 17.4 Å². The summed E-state index contributed by atoms with van der Waals surface area (Å²) >= 11 is 4.52. The van der Waals surface area contributed by atoms with Crippen LogP contribution in [0.15, 0.2) is 9.85 Å². The zero-order valence-electron chi connectivity index (χ0n) is 11.2. The Hall–Kier alpha value is -0.490. The molecule has 0 unspecified atom stereocenters. The molecule has 1 aliphatic carbocycles. The lowest BCUT2D eigenvalue weighted by Gasteiger charge is -2.31. The number of halogens is 3. The number of carboxylic acids is 1. The van der Waals surface area contributed by atoms with Crippen LogP contribution in [-0.4, -0.2) is 11.1 Å². The third-order valence-electron chi connectivity index (χ3n) is 4.07. The molecule has 0 saturated heterocycles. The van der Waals surface area contributed by atoms with Gasteiger partial charge in [-0.1, -0.05) is 12.8 Å². The summed E-state index contributed by atoms with van der Waals surface area (Å²) in [6.45, 7) is 1.68. The van der Waals surface area contributed by atoms with Gasteiger partial charge in [0.2, 0.25) is 0 Å². The maximum atomic E-state index is 14.6. The highest BCUT2D eigenvalue weighted by Gasteiger charge is 2.46. The van der Waals surface area contributed by atoms with Crippen molar-refractivity contribution in [2.75, 3.05) is 0 Å². The molecule has 1 fully saturated rings. The fourth-order valence-electron chi connectivity index (χ4n) is 3.24. The van der Waals surface area contributed by atoms with Crippen molar-refractivity contribution in [2.24, 2.45) is 5.41 Å². The van der Waals surface area contributed by atoms with E-state index < -0.39 is 17.3 Å². The van der Waals surface area contributed by atoms with Gasteiger partial charge in [-0.25, -0.2) is 8.78 Å². The molecule has 1 heterocycles. The number of rotatable bonds is 5. The van der Waals surface area contributed by atoms with Gasteiger partial charge in [0.15, 0.2) is 0 Å². The van der Waals surface area contributed by atoms with Crippen molar-refractivity contribution in [3.8, 4) is 0 Å². The molecule has 0 atom stereocenters. The second-order valence-electron chi connectivity index (χ2n) is 5.68. The molecule has 6 heteroatoms. The molecule has 1 aromatic rings. The number of hydrogen-bond acceptors (Lipinski definition) is 2. The van der Waals surface area contributed by atoms with E-state index in [1.54, 1.807) is 6.92 Å². The topological polar surface area (TPSA) is 37.3 Å². The highest BCUT2D eigenvalue weighted by Crippen LogP contribution is 2.52. The first-order valence-electron chi connectivity index (χ1n) is 6.60. The quantitative estimate of drug-likeness (QED) is 0.763. The first-order valence-corrected chi connectivity index (χ1v) is 8.21. The molecule has 112 valence electrons. The summed E-state index contributed by atoms with van der Waals surface area (Å²) in [6.07, 6.45) is 2.33. The van der Waals surface area contributed by atoms with Crippen LogP contribution in [0.3, 0.4) is 0 Å². The Morgan fingerprint density at radius 3 is 2.55 bits per heavy atom. The van der Waals surface area contributed by atoms with Gasteiger partial charge in [0.1, 0.15) is 0 Å². The van der Waals surface area contributed by atoms with Crippen LogP contribution in [0.1, 0.15) is 49.0 Å². The zero-order chi connectivity index (χ0) is 15.0. The van der Waals surface area contributed by atoms with Gasteiger partial charge in [-0.15, -0.1) is 11.3 Å². The number of hydrogen-bond donors (Lipinski definition) is 1. The van der Waals surface area contributed by atoms with Crippen molar-refractivity contribution >= 4 is 33.2 Å². The van der Waals surface area contributed by atoms with E-state index in [0.29, 0.717) is 21.5 Å². The van der Waals surface area contributed by atoms with Gasteiger partial charge in [-0.05, 0) is 47.2 Å². The molecule has 1 saturated carbocycles. The molecule has 20 heavy (non-hydrogen) atoms. The summed E-state index contributed by atoms with van der Waals surface area (Å²) in [4.78, 5) is 11.6. The Bertz CT molecular complexity index is 507. The summed E-state index contributed by atoms with van der Waals surface area (Å²) in [5.41, 5.74) is -0.720. The number of aliphatic carboxylic acids is 1. The molecule has 0 bridgehead atoms. The molecule has 1 aromatic heterocycles. The van der Waals surface area contributed by atoms with Gasteiger partial charge in [0.05, 0.1) is 10.2 Å². The van der Waals surface area contributed by atoms with Crippen LogP contribution < -0.4 is 0 Å². The fraction of sp³-hybridized carbons (Fsp3) is 0.643. The number of carbonyl (C=O) groups is 1. The highest BCUT2D eigenvalue weighted by molar-refractivity contribution is 9.11. The van der Waals surface area contributed by atoms with Crippen molar-refractivity contribution in [3.05, 3.63) is 20.3 Å². The Morgan fingerprint density at radius 2 is 2.10 bits per heavy atom. The van der Waals surface area contributed by atoms with Gasteiger partial charge in [-0.3, -0.25) is 4.79 Å². The summed E-state index contributed by atoms with van der Waals surface area (Å²) in [7, 11) is 0. The minimum absolute atomic E-state index is 0.0334. The van der Waals surface area contributed by atoms with E-state index >= 15 is 0 Å². The van der Waals surface area contributed by atoms with Crippen LogP contribution in [0.25, 0.3) is 0 Å². The Labute approximate surface area is 129 Å². The lowest BCUT2D eigenvalue weighted by Crippen LogP contribution is -2.29. The van der Waals surface area contributed by atoms with Crippen LogP contribution in [0, 0.1) is 12.3 Å². The minimum Gasteiger partial charge on any atom is -0.481 e. The normalized spacial score (nSPS) is 18.4. The van der Waals surface area contributed by atoms with Gasteiger partial charge in [0, 0.05) is 16.9 Å². The second kappa shape index (κ2) is 5.72. The van der Waals surface area contributed by atoms with E-state index in [1.807, 2.05) is 0 Å². The fourth-order valence-corrected chi connectivity index (χ4v) is 4.98. The molecule has 2 rings (SSSR count). The molecule has 0 aliphatic heterocycles. The molecular formula is C14H17BrF2O2S. The van der Waals surface area contributed by atoms with E-state index in [0.717, 1.165) is 12.8 Å². The Morgan fingerprint density at radius 1 is 1.50 bits per heavy atom. The van der Waals surface area contributed by atoms with Gasteiger partial charge < -0.3 is 5.11 Å². The average molecular weight is 367 g/mol. The molecule has 1 N–H and O–H groups in total. The molecule has 0 radical (unpaired) electrons. The Kier molecular flexibility index (Phi) is 4.54. The molecule has 2 nitrogen and oxygen atoms in total. The second-order valence-corrected chi connectivity index (χ2v) is 8.31. The highest BCUT2D eigenvalue weighted by atomic mass is 79.9. The molecule has 0 amide bonds. The SMILES string of the molecule is Cc1sc(Br)cc1C(F)(F)CC1(CC(=O)O)CCCC1. The standard InChI is InChI=1S/C14H17BrF2O2S/c1-9-10(6-11(15)20-9)14(16,17)8-13(7-12(18)19)4-2-3-5-13/h6H,2-5,7-8H2,1H3,(H,18,19). The third kappa shape index (κ3) is 3.39. The Balaban J connectivity index is 2.25. The summed E-state index contributed by atoms with van der Waals surface area (Å²) in [5, 5.41) is 9.01. The van der Waals surface area contributed by atoms with Crippen molar-refractivity contribution < 1.29 is 18.7 Å². The predicted octanol–water partition coefficient (Wildman–Crippen LogP) is 5.34. The monoisotopic (exact) mass is 366 g/mol. The lowest BCUT2D eigenvalue weighted by molar-refractivity contribution is -0.141. The first-order chi connectivity index (χ1) is 9.24. The minimum atomic E-state index is -2.97. The number of carboxylic acid groups (broad SMARTS) is 1. The molecule has 1 aliphatic rings. The maximum absolute atomic E-state index is 14.6. The number of aryl methyl sites for hydroxylation is 1. The number of alkyl halides is 2. The largest absolute Gasteiger partial charge is 0.481 e. The smallest absolute Gasteiger partial charge is 0.303 e. The van der Waals surface area contributed by atoms with Crippen LogP contribution in [0.5, 0.6) is 0 Å².